The quantitative estimate of drug-likeness (QED) is 0.896. The third kappa shape index (κ3) is 2.31. The average Bonchev–Trinajstić information content (AvgIpc) is 3.02. The summed E-state index contributed by atoms with van der Waals surface area (Å²) in [5, 5.41) is 4.94. The lowest BCUT2D eigenvalue weighted by Crippen LogP contribution is -2.34. The lowest BCUT2D eigenvalue weighted by atomic mass is 9.96. The fourth-order valence-corrected chi connectivity index (χ4v) is 3.88. The van der Waals surface area contributed by atoms with Gasteiger partial charge in [0.2, 0.25) is 0 Å². The van der Waals surface area contributed by atoms with Gasteiger partial charge in [-0.15, -0.1) is 5.10 Å². The van der Waals surface area contributed by atoms with Gasteiger partial charge in [0.1, 0.15) is 10.7 Å². The summed E-state index contributed by atoms with van der Waals surface area (Å²) in [6.45, 7) is 2.11. The second-order valence-corrected chi connectivity index (χ2v) is 6.09. The van der Waals surface area contributed by atoms with Crippen LogP contribution in [0, 0.1) is 5.92 Å². The van der Waals surface area contributed by atoms with Gasteiger partial charge in [0.15, 0.2) is 0 Å². The first kappa shape index (κ1) is 11.4. The van der Waals surface area contributed by atoms with Gasteiger partial charge in [0.05, 0.1) is 0 Å². The monoisotopic (exact) mass is 252 g/mol. The molecule has 1 aliphatic heterocycles. The summed E-state index contributed by atoms with van der Waals surface area (Å²) in [7, 11) is 0. The molecule has 2 aliphatic rings. The Labute approximate surface area is 106 Å². The smallest absolute Gasteiger partial charge is 0.132 e. The van der Waals surface area contributed by atoms with E-state index in [9.17, 15) is 0 Å². The molecule has 1 aromatic rings. The van der Waals surface area contributed by atoms with Crippen molar-refractivity contribution in [3.05, 3.63) is 5.69 Å². The topological polar surface area (TPSA) is 55.0 Å². The van der Waals surface area contributed by atoms with Crippen LogP contribution in [0.3, 0.4) is 0 Å². The molecule has 1 unspecified atom stereocenters. The van der Waals surface area contributed by atoms with Crippen molar-refractivity contribution in [2.75, 3.05) is 12.3 Å². The number of aromatic nitrogens is 2. The zero-order valence-electron chi connectivity index (χ0n) is 10.1. The van der Waals surface area contributed by atoms with Crippen molar-refractivity contribution < 1.29 is 0 Å². The molecule has 1 saturated carbocycles. The molecule has 1 aromatic heterocycles. The molecule has 2 heterocycles. The van der Waals surface area contributed by atoms with Crippen molar-refractivity contribution in [2.24, 2.45) is 5.92 Å². The highest BCUT2D eigenvalue weighted by molar-refractivity contribution is 7.09. The molecule has 3 rings (SSSR count). The summed E-state index contributed by atoms with van der Waals surface area (Å²) in [6, 6.07) is 0.776. The molecule has 4 nitrogen and oxygen atoms in total. The highest BCUT2D eigenvalue weighted by atomic mass is 32.1. The first-order valence-electron chi connectivity index (χ1n) is 6.65. The van der Waals surface area contributed by atoms with Gasteiger partial charge in [-0.05, 0) is 38.1 Å². The predicted octanol–water partition coefficient (Wildman–Crippen LogP) is 2.27. The number of anilines is 1. The first-order valence-corrected chi connectivity index (χ1v) is 7.42. The van der Waals surface area contributed by atoms with Gasteiger partial charge in [-0.25, -0.2) is 0 Å². The maximum Gasteiger partial charge on any atom is 0.132 e. The van der Waals surface area contributed by atoms with Crippen molar-refractivity contribution >= 4 is 16.5 Å². The molecule has 0 spiro atoms. The molecule has 0 radical (unpaired) electrons. The van der Waals surface area contributed by atoms with Crippen molar-refractivity contribution in [1.29, 1.82) is 0 Å². The van der Waals surface area contributed by atoms with E-state index in [1.54, 1.807) is 0 Å². The minimum Gasteiger partial charge on any atom is -0.388 e. The molecular formula is C12H20N4S. The maximum atomic E-state index is 5.88. The third-order valence-corrected chi connectivity index (χ3v) is 4.89. The third-order valence-electron chi connectivity index (χ3n) is 4.30. The van der Waals surface area contributed by atoms with E-state index in [1.165, 1.54) is 56.6 Å². The molecule has 0 bridgehead atoms. The fourth-order valence-electron chi connectivity index (χ4n) is 3.44. The largest absolute Gasteiger partial charge is 0.388 e. The summed E-state index contributed by atoms with van der Waals surface area (Å²) < 4.78 is 3.93. The molecule has 1 aliphatic carbocycles. The Morgan fingerprint density at radius 2 is 2.06 bits per heavy atom. The number of nitrogen functional groups attached to an aromatic ring is 1. The average molecular weight is 252 g/mol. The summed E-state index contributed by atoms with van der Waals surface area (Å²) in [4.78, 5) is 2.59. The van der Waals surface area contributed by atoms with Crippen LogP contribution in [0.1, 0.15) is 44.2 Å². The highest BCUT2D eigenvalue weighted by Crippen LogP contribution is 2.36. The van der Waals surface area contributed by atoms with E-state index in [2.05, 4.69) is 14.5 Å². The highest BCUT2D eigenvalue weighted by Gasteiger charge is 2.33. The Bertz CT molecular complexity index is 372. The van der Waals surface area contributed by atoms with Gasteiger partial charge >= 0.3 is 0 Å². The van der Waals surface area contributed by atoms with Gasteiger partial charge in [0.25, 0.3) is 0 Å². The zero-order valence-corrected chi connectivity index (χ0v) is 11.0. The van der Waals surface area contributed by atoms with Gasteiger partial charge in [0, 0.05) is 24.1 Å². The van der Waals surface area contributed by atoms with Crippen molar-refractivity contribution in [3.63, 3.8) is 0 Å². The lowest BCUT2D eigenvalue weighted by molar-refractivity contribution is 0.181. The molecule has 94 valence electrons. The van der Waals surface area contributed by atoms with Gasteiger partial charge < -0.3 is 5.73 Å². The fraction of sp³-hybridized carbons (Fsp3) is 0.833. The number of nitrogens with two attached hydrogens (primary N) is 1. The number of nitrogens with zero attached hydrogens (tertiary/aromatic N) is 3. The van der Waals surface area contributed by atoms with E-state index in [4.69, 9.17) is 5.73 Å². The van der Waals surface area contributed by atoms with E-state index < -0.39 is 0 Å². The molecule has 17 heavy (non-hydrogen) atoms. The van der Waals surface area contributed by atoms with Crippen LogP contribution in [0.5, 0.6) is 0 Å². The van der Waals surface area contributed by atoms with Gasteiger partial charge in [-0.1, -0.05) is 17.3 Å². The molecule has 0 amide bonds. The van der Waals surface area contributed by atoms with Crippen LogP contribution in [0.2, 0.25) is 0 Å². The van der Waals surface area contributed by atoms with Crippen LogP contribution in [-0.2, 0) is 6.54 Å². The molecule has 1 atom stereocenters. The normalized spacial score (nSPS) is 26.9. The Balaban J connectivity index is 1.67. The van der Waals surface area contributed by atoms with Crippen LogP contribution < -0.4 is 5.73 Å². The predicted molar refractivity (Wildman–Crippen MR) is 69.7 cm³/mol. The minimum absolute atomic E-state index is 0.776. The molecular weight excluding hydrogens is 232 g/mol. The Kier molecular flexibility index (Phi) is 3.29. The van der Waals surface area contributed by atoms with Crippen molar-refractivity contribution in [3.8, 4) is 0 Å². The molecule has 5 heteroatoms. The molecule has 2 fully saturated rings. The van der Waals surface area contributed by atoms with E-state index in [0.717, 1.165) is 29.2 Å². The summed E-state index contributed by atoms with van der Waals surface area (Å²) >= 11 is 1.31. The van der Waals surface area contributed by atoms with Crippen LogP contribution in [0.25, 0.3) is 0 Å². The van der Waals surface area contributed by atoms with Crippen LogP contribution in [-0.4, -0.2) is 27.1 Å². The molecule has 2 N–H and O–H groups in total. The maximum absolute atomic E-state index is 5.88. The van der Waals surface area contributed by atoms with Crippen LogP contribution in [0.4, 0.5) is 5.00 Å². The summed E-state index contributed by atoms with van der Waals surface area (Å²) in [5.74, 6) is 0.922. The van der Waals surface area contributed by atoms with Crippen molar-refractivity contribution in [1.82, 2.24) is 14.5 Å². The van der Waals surface area contributed by atoms with Crippen molar-refractivity contribution in [2.45, 2.75) is 51.1 Å². The number of likely N-dealkylation sites (tertiary alicyclic amines) is 1. The molecule has 1 saturated heterocycles. The summed E-state index contributed by atoms with van der Waals surface area (Å²) in [6.07, 6.45) is 8.39. The minimum atomic E-state index is 0.776. The number of hydrogen-bond donors (Lipinski definition) is 1. The van der Waals surface area contributed by atoms with E-state index in [1.807, 2.05) is 0 Å². The number of rotatable bonds is 3. The van der Waals surface area contributed by atoms with E-state index in [-0.39, 0.29) is 0 Å². The van der Waals surface area contributed by atoms with Gasteiger partial charge in [-0.2, -0.15) is 0 Å². The Morgan fingerprint density at radius 1 is 1.24 bits per heavy atom. The Hall–Kier alpha value is -0.680. The number of hydrogen-bond acceptors (Lipinski definition) is 5. The van der Waals surface area contributed by atoms with Gasteiger partial charge in [-0.3, -0.25) is 4.90 Å². The van der Waals surface area contributed by atoms with Crippen LogP contribution >= 0.6 is 11.5 Å². The zero-order chi connectivity index (χ0) is 11.7. The second-order valence-electron chi connectivity index (χ2n) is 5.31. The lowest BCUT2D eigenvalue weighted by Gasteiger charge is -2.28. The Morgan fingerprint density at radius 3 is 2.76 bits per heavy atom. The first-order chi connectivity index (χ1) is 8.34. The second kappa shape index (κ2) is 4.90. The summed E-state index contributed by atoms with van der Waals surface area (Å²) in [5.41, 5.74) is 6.87. The SMILES string of the molecule is Nc1snnc1CN1CCCC1C1CCCC1. The standard InChI is InChI=1S/C12H20N4S/c13-12-10(14-15-17-12)8-16-7-3-6-11(16)9-4-1-2-5-9/h9,11H,1-8,13H2. The van der Waals surface area contributed by atoms with E-state index >= 15 is 0 Å². The molecule has 0 aromatic carbocycles. The van der Waals surface area contributed by atoms with Crippen LogP contribution in [0.15, 0.2) is 0 Å². The van der Waals surface area contributed by atoms with E-state index in [0.29, 0.717) is 0 Å².